The first-order chi connectivity index (χ1) is 39.0. The Bertz CT molecular complexity index is 3550. The van der Waals surface area contributed by atoms with Crippen LogP contribution in [0.2, 0.25) is 25.5 Å². The summed E-state index contributed by atoms with van der Waals surface area (Å²) in [7, 11) is -7.24. The summed E-state index contributed by atoms with van der Waals surface area (Å²) in [5.41, 5.74) is 2.72. The minimum Gasteiger partial charge on any atom is -0.354 e. The molecule has 3 N–H and O–H groups in total. The van der Waals surface area contributed by atoms with Gasteiger partial charge in [-0.1, -0.05) is 58.0 Å². The van der Waals surface area contributed by atoms with Crippen LogP contribution in [0.1, 0.15) is 82.7 Å². The number of sulfonamides is 2. The molecule has 4 aromatic heterocycles. The van der Waals surface area contributed by atoms with Crippen molar-refractivity contribution in [1.29, 1.82) is 0 Å². The number of piperazine rings is 2. The molecule has 8 heterocycles. The first kappa shape index (κ1) is 63.8. The number of hydrogen-bond donors (Lipinski definition) is 3. The molecule has 0 aliphatic carbocycles. The summed E-state index contributed by atoms with van der Waals surface area (Å²) in [5.74, 6) is -0.138. The molecule has 2 aromatic carbocycles. The van der Waals surface area contributed by atoms with Gasteiger partial charge in [0.15, 0.2) is 11.3 Å². The van der Waals surface area contributed by atoms with E-state index in [1.165, 1.54) is 56.8 Å². The van der Waals surface area contributed by atoms with E-state index in [2.05, 4.69) is 29.8 Å². The number of alkyl halides is 6. The van der Waals surface area contributed by atoms with Gasteiger partial charge in [-0.3, -0.25) is 28.8 Å². The van der Waals surface area contributed by atoms with Gasteiger partial charge in [-0.2, -0.15) is 41.1 Å². The van der Waals surface area contributed by atoms with Crippen LogP contribution in [0.4, 0.5) is 43.5 Å². The lowest BCUT2D eigenvalue weighted by molar-refractivity contribution is -0.147. The van der Waals surface area contributed by atoms with Crippen molar-refractivity contribution in [3.05, 3.63) is 109 Å². The van der Waals surface area contributed by atoms with Crippen molar-refractivity contribution >= 4 is 118 Å². The van der Waals surface area contributed by atoms with Gasteiger partial charge in [-0.05, 0) is 74.9 Å². The van der Waals surface area contributed by atoms with Gasteiger partial charge in [-0.15, -0.1) is 0 Å². The number of rotatable bonds is 11. The smallest absolute Gasteiger partial charge is 0.354 e. The first-order valence-electron chi connectivity index (χ1n) is 26.0. The van der Waals surface area contributed by atoms with Crippen molar-refractivity contribution in [2.24, 2.45) is 0 Å². The number of nitrogens with one attached hydrogen (secondary N) is 3. The van der Waals surface area contributed by atoms with Gasteiger partial charge in [0.1, 0.15) is 21.3 Å². The Labute approximate surface area is 499 Å². The third-order valence-electron chi connectivity index (χ3n) is 13.7. The van der Waals surface area contributed by atoms with Crippen LogP contribution < -0.4 is 19.7 Å². The molecule has 20 nitrogen and oxygen atoms in total. The molecule has 0 saturated carbocycles. The molecule has 4 aliphatic rings. The molecule has 2 atom stereocenters. The Kier molecular flexibility index (Phi) is 20.5. The fourth-order valence-corrected chi connectivity index (χ4v) is 12.3. The zero-order valence-corrected chi connectivity index (χ0v) is 49.9. The largest absolute Gasteiger partial charge is 0.401 e. The summed E-state index contributed by atoms with van der Waals surface area (Å²) in [6.07, 6.45) is -1.65. The Morgan fingerprint density at radius 1 is 0.578 bits per heavy atom. The van der Waals surface area contributed by atoms with E-state index in [0.717, 1.165) is 38.2 Å². The van der Waals surface area contributed by atoms with E-state index in [-0.39, 0.29) is 62.9 Å². The normalized spacial score (nSPS) is 18.8. The second kappa shape index (κ2) is 26.6. The molecule has 0 bridgehead atoms. The van der Waals surface area contributed by atoms with Crippen molar-refractivity contribution in [2.75, 3.05) is 105 Å². The summed E-state index contributed by atoms with van der Waals surface area (Å²) in [6, 6.07) is 14.7. The van der Waals surface area contributed by atoms with Gasteiger partial charge in [0.05, 0.1) is 71.6 Å². The Balaban J connectivity index is 0.000000188. The molecular formula is C50H57Cl5F6N14O6S2. The van der Waals surface area contributed by atoms with E-state index >= 15 is 0 Å². The third kappa shape index (κ3) is 17.5. The number of aromatic nitrogens is 6. The van der Waals surface area contributed by atoms with E-state index in [9.17, 15) is 52.8 Å². The van der Waals surface area contributed by atoms with Crippen LogP contribution in [0.3, 0.4) is 0 Å². The number of hydrogen-bond acceptors (Lipinski definition) is 14. The molecule has 4 fully saturated rings. The Morgan fingerprint density at radius 3 is 1.47 bits per heavy atom. The van der Waals surface area contributed by atoms with E-state index in [1.807, 2.05) is 4.90 Å². The molecule has 452 valence electrons. The number of likely N-dealkylation sites (tertiary alicyclic amines) is 2. The molecule has 33 heteroatoms. The molecular weight excluding hydrogens is 1250 g/mol. The predicted molar refractivity (Wildman–Crippen MR) is 306 cm³/mol. The highest BCUT2D eigenvalue weighted by Crippen LogP contribution is 2.37. The quantitative estimate of drug-likeness (QED) is 0.0814. The number of amides is 2. The maximum atomic E-state index is 13.8. The fraction of sp³-hybridized carbons (Fsp3) is 0.480. The monoisotopic (exact) mass is 1300 g/mol. The summed E-state index contributed by atoms with van der Waals surface area (Å²) in [6.45, 7) is 2.65. The Hall–Kier alpha value is -5.17. The molecule has 4 aliphatic heterocycles. The predicted octanol–water partition coefficient (Wildman–Crippen LogP) is 9.34. The lowest BCUT2D eigenvalue weighted by Gasteiger charge is -2.36. The van der Waals surface area contributed by atoms with Gasteiger partial charge < -0.3 is 20.0 Å². The second-order valence-electron chi connectivity index (χ2n) is 20.2. The summed E-state index contributed by atoms with van der Waals surface area (Å²) < 4.78 is 129. The number of anilines is 3. The van der Waals surface area contributed by atoms with Gasteiger partial charge in [0, 0.05) is 99.8 Å². The molecule has 83 heavy (non-hydrogen) atoms. The van der Waals surface area contributed by atoms with Crippen LogP contribution in [0.5, 0.6) is 0 Å². The molecule has 0 unspecified atom stereocenters. The van der Waals surface area contributed by atoms with Crippen LogP contribution in [-0.2, 0) is 20.0 Å². The van der Waals surface area contributed by atoms with E-state index in [4.69, 9.17) is 63.1 Å². The van der Waals surface area contributed by atoms with Crippen molar-refractivity contribution in [1.82, 2.24) is 54.1 Å². The average molecular weight is 1310 g/mol. The van der Waals surface area contributed by atoms with Crippen molar-refractivity contribution in [2.45, 2.75) is 63.0 Å². The number of fused-ring (bicyclic) bond motifs is 2. The van der Waals surface area contributed by atoms with E-state index < -0.39 is 57.4 Å². The SMILES string of the molecule is CS(=O)(=O)Nc1ccc(Cl)cc1C(=O)N1CCCC[C@H]1c1cc2nc(Cl)cc(Cl)n2n1.CS(=O)(=O)Nc1ccc(Cl)cc1C(=O)N1CCCC[C@H]1c1cc2nc(Cl)cc(N3CCN(CC(F)(F)F)CC3)n2n1.FC(F)(F)CN1CCNCC1. The highest BCUT2D eigenvalue weighted by Gasteiger charge is 2.37. The maximum absolute atomic E-state index is 13.8. The molecule has 0 radical (unpaired) electrons. The van der Waals surface area contributed by atoms with E-state index in [0.29, 0.717) is 104 Å². The zero-order chi connectivity index (χ0) is 60.2. The van der Waals surface area contributed by atoms with Crippen molar-refractivity contribution in [3.8, 4) is 0 Å². The van der Waals surface area contributed by atoms with E-state index in [1.54, 1.807) is 32.5 Å². The van der Waals surface area contributed by atoms with Crippen LogP contribution in [0.25, 0.3) is 11.3 Å². The number of halogens is 11. The molecule has 6 aromatic rings. The van der Waals surface area contributed by atoms with Gasteiger partial charge in [0.2, 0.25) is 20.0 Å². The standard InChI is InChI=1S/C25H28Cl2F3N7O3S.C19H18Cl3N5O3S.C6H11F3N2/c1-41(39,40)33-18-6-5-16(26)12-17(18)24(38)36-7-3-2-4-20(36)19-13-22-31-21(27)14-23(37(22)32-19)35-10-8-34(9-11-35)15-25(28,29)30;1-31(29,30)25-13-6-5-11(20)8-12(13)19(28)26-7-3-2-4-15(26)14-9-18-23-16(21)10-17(22)27(18)24-14;7-6(8,9)5-11-3-1-10-2-4-11/h5-6,12-14,20,33H,2-4,7-11,15H2,1H3;5-6,8-10,15,25H,2-4,7H2,1H3;10H,1-5H2/t20-;15-;/m00./s1. The van der Waals surface area contributed by atoms with Gasteiger partial charge >= 0.3 is 12.4 Å². The lowest BCUT2D eigenvalue weighted by atomic mass is 9.98. The minimum absolute atomic E-state index is 0.122. The number of piperidine rings is 2. The van der Waals surface area contributed by atoms with Crippen molar-refractivity contribution < 1.29 is 52.8 Å². The number of carbonyl (C=O) groups excluding carboxylic acids is 2. The highest BCUT2D eigenvalue weighted by atomic mass is 35.5. The number of nitrogens with zero attached hydrogens (tertiary/aromatic N) is 11. The van der Waals surface area contributed by atoms with Gasteiger partial charge in [-0.25, -0.2) is 31.3 Å². The summed E-state index contributed by atoms with van der Waals surface area (Å²) >= 11 is 30.8. The molecule has 0 spiro atoms. The minimum atomic E-state index is -4.26. The van der Waals surface area contributed by atoms with Crippen LogP contribution in [-0.4, -0.2) is 181 Å². The molecule has 10 rings (SSSR count). The van der Waals surface area contributed by atoms with Crippen LogP contribution in [0, 0.1) is 0 Å². The topological polar surface area (TPSA) is 215 Å². The fourth-order valence-electron chi connectivity index (χ4n) is 10.2. The highest BCUT2D eigenvalue weighted by molar-refractivity contribution is 7.92. The van der Waals surface area contributed by atoms with Crippen LogP contribution >= 0.6 is 58.0 Å². The van der Waals surface area contributed by atoms with Crippen molar-refractivity contribution in [3.63, 3.8) is 0 Å². The summed E-state index contributed by atoms with van der Waals surface area (Å²) in [4.78, 5) is 44.0. The average Bonchev–Trinajstić information content (AvgIpc) is 4.13. The maximum Gasteiger partial charge on any atom is 0.401 e. The number of benzene rings is 2. The third-order valence-corrected chi connectivity index (χ3v) is 16.0. The lowest BCUT2D eigenvalue weighted by Crippen LogP contribution is -2.49. The molecule has 2 amide bonds. The Morgan fingerprint density at radius 2 is 1.01 bits per heavy atom. The second-order valence-corrected chi connectivity index (χ2v) is 25.7. The number of carbonyl (C=O) groups is 2. The zero-order valence-electron chi connectivity index (χ0n) is 44.5. The summed E-state index contributed by atoms with van der Waals surface area (Å²) in [5, 5.41) is 13.7. The van der Waals surface area contributed by atoms with Gasteiger partial charge in [0.25, 0.3) is 11.8 Å². The molecule has 4 saturated heterocycles. The van der Waals surface area contributed by atoms with Crippen LogP contribution in [0.15, 0.2) is 60.7 Å². The first-order valence-corrected chi connectivity index (χ1v) is 31.6.